The molecule has 3 aromatic rings. The number of hydrogen-bond donors (Lipinski definition) is 1. The minimum Gasteiger partial charge on any atom is -0.469 e. The van der Waals surface area contributed by atoms with Gasteiger partial charge in [-0.05, 0) is 48.4 Å². The lowest BCUT2D eigenvalue weighted by Crippen LogP contribution is -2.28. The molecule has 0 aliphatic heterocycles. The van der Waals surface area contributed by atoms with Crippen LogP contribution >= 0.6 is 0 Å². The van der Waals surface area contributed by atoms with Gasteiger partial charge in [0, 0.05) is 12.5 Å². The molecule has 1 N–H and O–H groups in total. The van der Waals surface area contributed by atoms with Gasteiger partial charge in [-0.15, -0.1) is 0 Å². The summed E-state index contributed by atoms with van der Waals surface area (Å²) < 4.78 is 5.41. The van der Waals surface area contributed by atoms with E-state index in [2.05, 4.69) is 47.8 Å². The van der Waals surface area contributed by atoms with Crippen molar-refractivity contribution in [2.45, 2.75) is 25.3 Å². The molecule has 1 unspecified atom stereocenters. The molecule has 1 atom stereocenters. The highest BCUT2D eigenvalue weighted by molar-refractivity contribution is 5.82. The quantitative estimate of drug-likeness (QED) is 0.731. The van der Waals surface area contributed by atoms with Crippen LogP contribution in [-0.2, 0) is 12.8 Å². The maximum Gasteiger partial charge on any atom is 0.103 e. The van der Waals surface area contributed by atoms with Crippen molar-refractivity contribution in [2.75, 3.05) is 7.05 Å². The summed E-state index contributed by atoms with van der Waals surface area (Å²) in [4.78, 5) is 0. The molecule has 2 heteroatoms. The van der Waals surface area contributed by atoms with Gasteiger partial charge in [0.15, 0.2) is 0 Å². The molecule has 0 saturated carbocycles. The highest BCUT2D eigenvalue weighted by Crippen LogP contribution is 2.17. The summed E-state index contributed by atoms with van der Waals surface area (Å²) in [6.45, 7) is 0. The summed E-state index contributed by atoms with van der Waals surface area (Å²) in [5.41, 5.74) is 1.38. The third-order valence-electron chi connectivity index (χ3n) is 4.02. The summed E-state index contributed by atoms with van der Waals surface area (Å²) in [6, 6.07) is 19.7. The third-order valence-corrected chi connectivity index (χ3v) is 4.02. The normalized spacial score (nSPS) is 12.6. The molecule has 2 aromatic carbocycles. The molecule has 0 aliphatic carbocycles. The molecular weight excluding hydrogens is 258 g/mol. The van der Waals surface area contributed by atoms with Crippen molar-refractivity contribution >= 4 is 10.8 Å². The first-order chi connectivity index (χ1) is 10.3. The van der Waals surface area contributed by atoms with Crippen LogP contribution < -0.4 is 5.32 Å². The lowest BCUT2D eigenvalue weighted by molar-refractivity contribution is 0.460. The van der Waals surface area contributed by atoms with Gasteiger partial charge in [-0.3, -0.25) is 0 Å². The minimum atomic E-state index is 0.469. The average molecular weight is 279 g/mol. The highest BCUT2D eigenvalue weighted by atomic mass is 16.3. The molecule has 0 radical (unpaired) electrons. The molecule has 21 heavy (non-hydrogen) atoms. The minimum absolute atomic E-state index is 0.469. The Morgan fingerprint density at radius 3 is 2.62 bits per heavy atom. The fourth-order valence-corrected chi connectivity index (χ4v) is 2.77. The first-order valence-electron chi connectivity index (χ1n) is 7.52. The van der Waals surface area contributed by atoms with Gasteiger partial charge in [0.2, 0.25) is 0 Å². The molecule has 2 nitrogen and oxygen atoms in total. The van der Waals surface area contributed by atoms with E-state index in [0.717, 1.165) is 25.0 Å². The van der Waals surface area contributed by atoms with Crippen molar-refractivity contribution in [3.8, 4) is 0 Å². The van der Waals surface area contributed by atoms with E-state index in [1.54, 1.807) is 6.26 Å². The SMILES string of the molecule is CNC(CCc1ccco1)Cc1ccc2ccccc2c1. The van der Waals surface area contributed by atoms with E-state index in [1.807, 2.05) is 19.2 Å². The highest BCUT2D eigenvalue weighted by Gasteiger charge is 2.09. The van der Waals surface area contributed by atoms with Crippen LogP contribution in [0.1, 0.15) is 17.7 Å². The molecule has 3 rings (SSSR count). The van der Waals surface area contributed by atoms with Gasteiger partial charge in [-0.1, -0.05) is 42.5 Å². The van der Waals surface area contributed by atoms with Gasteiger partial charge in [0.1, 0.15) is 5.76 Å². The van der Waals surface area contributed by atoms with Crippen LogP contribution in [0.25, 0.3) is 10.8 Å². The van der Waals surface area contributed by atoms with Crippen molar-refractivity contribution in [3.05, 3.63) is 72.2 Å². The Morgan fingerprint density at radius 2 is 1.86 bits per heavy atom. The smallest absolute Gasteiger partial charge is 0.103 e. The van der Waals surface area contributed by atoms with Crippen LogP contribution in [0.15, 0.2) is 65.3 Å². The van der Waals surface area contributed by atoms with E-state index in [-0.39, 0.29) is 0 Å². The lowest BCUT2D eigenvalue weighted by Gasteiger charge is -2.16. The number of rotatable bonds is 6. The van der Waals surface area contributed by atoms with Crippen LogP contribution in [0.5, 0.6) is 0 Å². The number of benzene rings is 2. The van der Waals surface area contributed by atoms with Crippen molar-refractivity contribution in [2.24, 2.45) is 0 Å². The number of nitrogens with one attached hydrogen (secondary N) is 1. The number of likely N-dealkylation sites (N-methyl/N-ethyl adjacent to an activating group) is 1. The fraction of sp³-hybridized carbons (Fsp3) is 0.263. The van der Waals surface area contributed by atoms with Crippen LogP contribution in [0.2, 0.25) is 0 Å². The van der Waals surface area contributed by atoms with E-state index < -0.39 is 0 Å². The van der Waals surface area contributed by atoms with E-state index in [4.69, 9.17) is 4.42 Å². The average Bonchev–Trinajstić information content (AvgIpc) is 3.04. The summed E-state index contributed by atoms with van der Waals surface area (Å²) in [6.07, 6.45) is 4.85. The van der Waals surface area contributed by atoms with Gasteiger partial charge >= 0.3 is 0 Å². The Bertz CT molecular complexity index is 688. The first-order valence-corrected chi connectivity index (χ1v) is 7.52. The van der Waals surface area contributed by atoms with Crippen LogP contribution in [0.4, 0.5) is 0 Å². The molecule has 1 heterocycles. The third kappa shape index (κ3) is 3.53. The molecule has 108 valence electrons. The Morgan fingerprint density at radius 1 is 1.00 bits per heavy atom. The molecule has 0 saturated heterocycles. The van der Waals surface area contributed by atoms with Crippen LogP contribution in [0.3, 0.4) is 0 Å². The summed E-state index contributed by atoms with van der Waals surface area (Å²) in [5, 5.41) is 6.04. The standard InChI is InChI=1S/C19H21NO/c1-20-18(10-11-19-7-4-12-21-19)14-15-8-9-16-5-2-3-6-17(16)13-15/h2-9,12-13,18,20H,10-11,14H2,1H3. The first kappa shape index (κ1) is 13.9. The monoisotopic (exact) mass is 279 g/mol. The second-order valence-electron chi connectivity index (χ2n) is 5.49. The van der Waals surface area contributed by atoms with Gasteiger partial charge < -0.3 is 9.73 Å². The molecular formula is C19H21NO. The van der Waals surface area contributed by atoms with Crippen molar-refractivity contribution in [3.63, 3.8) is 0 Å². The van der Waals surface area contributed by atoms with Gasteiger partial charge in [-0.2, -0.15) is 0 Å². The Hall–Kier alpha value is -2.06. The zero-order valence-corrected chi connectivity index (χ0v) is 12.4. The summed E-state index contributed by atoms with van der Waals surface area (Å²) in [5.74, 6) is 1.06. The van der Waals surface area contributed by atoms with E-state index in [0.29, 0.717) is 6.04 Å². The maximum absolute atomic E-state index is 5.41. The zero-order chi connectivity index (χ0) is 14.5. The predicted octanol–water partition coefficient (Wildman–Crippen LogP) is 4.20. The van der Waals surface area contributed by atoms with Crippen LogP contribution in [-0.4, -0.2) is 13.1 Å². The van der Waals surface area contributed by atoms with Crippen LogP contribution in [0, 0.1) is 0 Å². The van der Waals surface area contributed by atoms with Crippen molar-refractivity contribution in [1.29, 1.82) is 0 Å². The summed E-state index contributed by atoms with van der Waals surface area (Å²) in [7, 11) is 2.04. The Balaban J connectivity index is 1.67. The number of hydrogen-bond acceptors (Lipinski definition) is 2. The second-order valence-corrected chi connectivity index (χ2v) is 5.49. The van der Waals surface area contributed by atoms with Crippen molar-refractivity contribution in [1.82, 2.24) is 5.32 Å². The maximum atomic E-state index is 5.41. The predicted molar refractivity (Wildman–Crippen MR) is 87.5 cm³/mol. The van der Waals surface area contributed by atoms with Crippen molar-refractivity contribution < 1.29 is 4.42 Å². The molecule has 0 aliphatic rings. The Kier molecular flexibility index (Phi) is 4.37. The van der Waals surface area contributed by atoms with Gasteiger partial charge in [0.25, 0.3) is 0 Å². The molecule has 0 spiro atoms. The summed E-state index contributed by atoms with van der Waals surface area (Å²) >= 11 is 0. The van der Waals surface area contributed by atoms with E-state index in [1.165, 1.54) is 16.3 Å². The van der Waals surface area contributed by atoms with Gasteiger partial charge in [-0.25, -0.2) is 0 Å². The zero-order valence-electron chi connectivity index (χ0n) is 12.4. The van der Waals surface area contributed by atoms with E-state index >= 15 is 0 Å². The molecule has 1 aromatic heterocycles. The topological polar surface area (TPSA) is 25.2 Å². The second kappa shape index (κ2) is 6.59. The lowest BCUT2D eigenvalue weighted by atomic mass is 9.99. The fourth-order valence-electron chi connectivity index (χ4n) is 2.77. The van der Waals surface area contributed by atoms with Gasteiger partial charge in [0.05, 0.1) is 6.26 Å². The molecule has 0 bridgehead atoms. The number of fused-ring (bicyclic) bond motifs is 1. The number of furan rings is 1. The Labute approximate surface area is 125 Å². The molecule has 0 amide bonds. The molecule has 0 fully saturated rings. The largest absolute Gasteiger partial charge is 0.469 e. The van der Waals surface area contributed by atoms with E-state index in [9.17, 15) is 0 Å². The number of aryl methyl sites for hydroxylation is 1.